The highest BCUT2D eigenvalue weighted by Crippen LogP contribution is 2.31. The van der Waals surface area contributed by atoms with Crippen molar-refractivity contribution < 1.29 is 23.5 Å². The van der Waals surface area contributed by atoms with E-state index in [2.05, 4.69) is 10.6 Å². The van der Waals surface area contributed by atoms with E-state index >= 15 is 0 Å². The lowest BCUT2D eigenvalue weighted by Crippen LogP contribution is -2.40. The molecule has 29 heavy (non-hydrogen) atoms. The van der Waals surface area contributed by atoms with Gasteiger partial charge in [-0.1, -0.05) is 12.1 Å². The third-order valence-corrected chi connectivity index (χ3v) is 4.32. The van der Waals surface area contributed by atoms with E-state index in [9.17, 15) is 14.0 Å². The molecule has 2 amide bonds. The number of carbonyl (C=O) groups excluding carboxylic acids is 2. The van der Waals surface area contributed by atoms with Gasteiger partial charge in [-0.05, 0) is 60.7 Å². The van der Waals surface area contributed by atoms with Crippen molar-refractivity contribution in [3.63, 3.8) is 0 Å². The molecule has 3 aromatic rings. The van der Waals surface area contributed by atoms with Gasteiger partial charge in [-0.3, -0.25) is 9.59 Å². The lowest BCUT2D eigenvalue weighted by atomic mass is 10.1. The van der Waals surface area contributed by atoms with Gasteiger partial charge in [-0.2, -0.15) is 0 Å². The van der Waals surface area contributed by atoms with Crippen molar-refractivity contribution in [3.8, 4) is 11.5 Å². The van der Waals surface area contributed by atoms with Crippen LogP contribution in [-0.2, 0) is 4.79 Å². The first kappa shape index (κ1) is 18.5. The van der Waals surface area contributed by atoms with Crippen LogP contribution >= 0.6 is 0 Å². The van der Waals surface area contributed by atoms with E-state index in [1.807, 2.05) is 6.07 Å². The fourth-order valence-corrected chi connectivity index (χ4v) is 2.81. The number of hydrogen-bond acceptors (Lipinski definition) is 4. The third kappa shape index (κ3) is 4.35. The highest BCUT2D eigenvalue weighted by molar-refractivity contribution is 6.04. The average molecular weight is 392 g/mol. The van der Waals surface area contributed by atoms with Crippen LogP contribution in [0.15, 0.2) is 72.8 Å². The van der Waals surface area contributed by atoms with Crippen LogP contribution in [0.4, 0.5) is 15.8 Å². The second kappa shape index (κ2) is 8.02. The zero-order chi connectivity index (χ0) is 20.2. The lowest BCUT2D eigenvalue weighted by molar-refractivity contribution is -0.125. The molecule has 0 aromatic heterocycles. The minimum Gasteiger partial charge on any atom is -0.485 e. The van der Waals surface area contributed by atoms with E-state index in [1.165, 1.54) is 24.3 Å². The molecule has 0 saturated heterocycles. The Morgan fingerprint density at radius 1 is 0.828 bits per heavy atom. The van der Waals surface area contributed by atoms with Crippen LogP contribution in [0.3, 0.4) is 0 Å². The first-order chi connectivity index (χ1) is 14.1. The van der Waals surface area contributed by atoms with Gasteiger partial charge in [0.05, 0.1) is 0 Å². The first-order valence-corrected chi connectivity index (χ1v) is 8.95. The molecule has 7 heteroatoms. The molecule has 1 aliphatic heterocycles. The Kier molecular flexibility index (Phi) is 5.11. The molecule has 0 aliphatic carbocycles. The number of carbonyl (C=O) groups is 2. The number of hydrogen-bond donors (Lipinski definition) is 2. The molecule has 1 atom stereocenters. The first-order valence-electron chi connectivity index (χ1n) is 8.95. The van der Waals surface area contributed by atoms with Crippen LogP contribution in [0.2, 0.25) is 0 Å². The summed E-state index contributed by atoms with van der Waals surface area (Å²) in [6, 6.07) is 19.1. The predicted molar refractivity (Wildman–Crippen MR) is 106 cm³/mol. The molecule has 6 nitrogen and oxygen atoms in total. The number of halogens is 1. The van der Waals surface area contributed by atoms with Crippen molar-refractivity contribution in [2.45, 2.75) is 6.10 Å². The van der Waals surface area contributed by atoms with Gasteiger partial charge in [0.2, 0.25) is 6.10 Å². The number of para-hydroxylation sites is 2. The molecule has 0 radical (unpaired) electrons. The summed E-state index contributed by atoms with van der Waals surface area (Å²) in [5.74, 6) is 0.0665. The zero-order valence-corrected chi connectivity index (χ0v) is 15.2. The molecule has 1 aliphatic rings. The Bertz CT molecular complexity index is 1040. The predicted octanol–water partition coefficient (Wildman–Crippen LogP) is 3.86. The number of anilines is 2. The largest absolute Gasteiger partial charge is 0.485 e. The van der Waals surface area contributed by atoms with Crippen molar-refractivity contribution in [3.05, 3.63) is 84.2 Å². The lowest BCUT2D eigenvalue weighted by Gasteiger charge is -2.25. The Hall–Kier alpha value is -3.87. The number of fused-ring (bicyclic) bond motifs is 1. The summed E-state index contributed by atoms with van der Waals surface area (Å²) < 4.78 is 24.2. The molecule has 2 N–H and O–H groups in total. The van der Waals surface area contributed by atoms with Crippen molar-refractivity contribution in [2.24, 2.45) is 0 Å². The number of amides is 2. The summed E-state index contributed by atoms with van der Waals surface area (Å²) in [5, 5.41) is 5.42. The second-order valence-electron chi connectivity index (χ2n) is 6.39. The number of benzene rings is 3. The second-order valence-corrected chi connectivity index (χ2v) is 6.39. The quantitative estimate of drug-likeness (QED) is 0.707. The molecule has 0 bridgehead atoms. The summed E-state index contributed by atoms with van der Waals surface area (Å²) in [6.07, 6.45) is -0.772. The monoisotopic (exact) mass is 392 g/mol. The van der Waals surface area contributed by atoms with Crippen LogP contribution < -0.4 is 20.1 Å². The van der Waals surface area contributed by atoms with Gasteiger partial charge in [-0.25, -0.2) is 4.39 Å². The summed E-state index contributed by atoms with van der Waals surface area (Å²) in [4.78, 5) is 24.7. The topological polar surface area (TPSA) is 76.7 Å². The molecule has 1 heterocycles. The maximum atomic E-state index is 12.9. The van der Waals surface area contributed by atoms with Crippen LogP contribution in [0.25, 0.3) is 0 Å². The highest BCUT2D eigenvalue weighted by Gasteiger charge is 2.27. The summed E-state index contributed by atoms with van der Waals surface area (Å²) >= 11 is 0. The van der Waals surface area contributed by atoms with Gasteiger partial charge in [0, 0.05) is 16.9 Å². The Labute approximate surface area is 166 Å². The van der Waals surface area contributed by atoms with Crippen LogP contribution in [-0.4, -0.2) is 24.5 Å². The van der Waals surface area contributed by atoms with E-state index in [0.29, 0.717) is 28.4 Å². The molecule has 146 valence electrons. The van der Waals surface area contributed by atoms with Crippen molar-refractivity contribution in [1.29, 1.82) is 0 Å². The minimum absolute atomic E-state index is 0.112. The molecule has 0 spiro atoms. The smallest absolute Gasteiger partial charge is 0.269 e. The fraction of sp³-hybridized carbons (Fsp3) is 0.0909. The van der Waals surface area contributed by atoms with Gasteiger partial charge < -0.3 is 20.1 Å². The molecule has 0 saturated carbocycles. The summed E-state index contributed by atoms with van der Waals surface area (Å²) in [6.45, 7) is 0.112. The van der Waals surface area contributed by atoms with Crippen molar-refractivity contribution >= 4 is 23.2 Å². The van der Waals surface area contributed by atoms with Gasteiger partial charge in [0.1, 0.15) is 12.4 Å². The van der Waals surface area contributed by atoms with Crippen LogP contribution in [0.1, 0.15) is 10.4 Å². The van der Waals surface area contributed by atoms with Gasteiger partial charge in [0.25, 0.3) is 11.8 Å². The molecule has 4 rings (SSSR count). The third-order valence-electron chi connectivity index (χ3n) is 4.32. The maximum Gasteiger partial charge on any atom is 0.269 e. The number of ether oxygens (including phenoxy) is 2. The zero-order valence-electron chi connectivity index (χ0n) is 15.2. The molecule has 0 unspecified atom stereocenters. The number of nitrogens with one attached hydrogen (secondary N) is 2. The summed E-state index contributed by atoms with van der Waals surface area (Å²) in [7, 11) is 0. The summed E-state index contributed by atoms with van der Waals surface area (Å²) in [5.41, 5.74) is 1.41. The SMILES string of the molecule is O=C(Nc1ccc(F)cc1)c1ccc(NC(=O)[C@@H]2COc3ccccc3O2)cc1. The number of rotatable bonds is 4. The Morgan fingerprint density at radius 3 is 2.17 bits per heavy atom. The van der Waals surface area contributed by atoms with Crippen LogP contribution in [0, 0.1) is 5.82 Å². The van der Waals surface area contributed by atoms with Gasteiger partial charge in [0.15, 0.2) is 11.5 Å². The van der Waals surface area contributed by atoms with Crippen molar-refractivity contribution in [2.75, 3.05) is 17.2 Å². The minimum atomic E-state index is -0.772. The standard InChI is InChI=1S/C22H17FN2O4/c23-15-7-11-17(12-8-15)24-21(26)14-5-9-16(10-6-14)25-22(27)20-13-28-18-3-1-2-4-19(18)29-20/h1-12,20H,13H2,(H,24,26)(H,25,27)/t20-/m0/s1. The van der Waals surface area contributed by atoms with Gasteiger partial charge in [-0.15, -0.1) is 0 Å². The van der Waals surface area contributed by atoms with E-state index < -0.39 is 6.10 Å². The Balaban J connectivity index is 1.36. The van der Waals surface area contributed by atoms with Crippen LogP contribution in [0.5, 0.6) is 11.5 Å². The highest BCUT2D eigenvalue weighted by atomic mass is 19.1. The molecule has 0 fully saturated rings. The van der Waals surface area contributed by atoms with E-state index in [0.717, 1.165) is 0 Å². The van der Waals surface area contributed by atoms with E-state index in [1.54, 1.807) is 42.5 Å². The van der Waals surface area contributed by atoms with E-state index in [-0.39, 0.29) is 24.2 Å². The molecular formula is C22H17FN2O4. The Morgan fingerprint density at radius 2 is 1.45 bits per heavy atom. The maximum absolute atomic E-state index is 12.9. The van der Waals surface area contributed by atoms with E-state index in [4.69, 9.17) is 9.47 Å². The van der Waals surface area contributed by atoms with Gasteiger partial charge >= 0.3 is 0 Å². The molecular weight excluding hydrogens is 375 g/mol. The molecule has 3 aromatic carbocycles. The van der Waals surface area contributed by atoms with Crippen molar-refractivity contribution in [1.82, 2.24) is 0 Å². The fourth-order valence-electron chi connectivity index (χ4n) is 2.81. The average Bonchev–Trinajstić information content (AvgIpc) is 2.75. The normalized spacial score (nSPS) is 14.7.